The van der Waals surface area contributed by atoms with Crippen molar-refractivity contribution < 1.29 is 4.39 Å². The Hall–Kier alpha value is -0.800. The van der Waals surface area contributed by atoms with Gasteiger partial charge in [0.25, 0.3) is 0 Å². The Labute approximate surface area is 86.9 Å². The smallest absolute Gasteiger partial charge is 0.149 e. The van der Waals surface area contributed by atoms with Crippen molar-refractivity contribution in [2.45, 2.75) is 25.6 Å². The molecule has 0 spiro atoms. The third-order valence-corrected chi connectivity index (χ3v) is 3.00. The van der Waals surface area contributed by atoms with E-state index in [2.05, 4.69) is 4.98 Å². The zero-order chi connectivity index (χ0) is 10.3. The van der Waals surface area contributed by atoms with Crippen LogP contribution < -0.4 is 5.73 Å². The van der Waals surface area contributed by atoms with E-state index >= 15 is 0 Å². The number of aromatic amines is 1. The van der Waals surface area contributed by atoms with Crippen LogP contribution in [0.25, 0.3) is 6.08 Å². The van der Waals surface area contributed by atoms with Gasteiger partial charge < -0.3 is 10.7 Å². The predicted octanol–water partition coefficient (Wildman–Crippen LogP) is 2.34. The number of alkyl halides is 1. The van der Waals surface area contributed by atoms with E-state index in [0.29, 0.717) is 6.54 Å². The summed E-state index contributed by atoms with van der Waals surface area (Å²) < 4.78 is 13.8. The molecule has 3 N–H and O–H groups in total. The second kappa shape index (κ2) is 3.11. The maximum atomic E-state index is 13.8. The van der Waals surface area contributed by atoms with Crippen molar-refractivity contribution in [3.63, 3.8) is 0 Å². The van der Waals surface area contributed by atoms with Crippen LogP contribution in [-0.2, 0) is 13.0 Å². The van der Waals surface area contributed by atoms with Crippen LogP contribution in [0.5, 0.6) is 0 Å². The molecule has 1 atom stereocenters. The van der Waals surface area contributed by atoms with Gasteiger partial charge in [-0.3, -0.25) is 0 Å². The molecule has 0 radical (unpaired) electrons. The summed E-state index contributed by atoms with van der Waals surface area (Å²) in [6, 6.07) is 1.91. The first-order chi connectivity index (χ1) is 6.53. The molecule has 0 saturated heterocycles. The van der Waals surface area contributed by atoms with Crippen LogP contribution in [-0.4, -0.2) is 10.7 Å². The summed E-state index contributed by atoms with van der Waals surface area (Å²) in [4.78, 5) is 3.09. The Morgan fingerprint density at radius 2 is 2.43 bits per heavy atom. The number of nitrogens with two attached hydrogens (primary N) is 1. The van der Waals surface area contributed by atoms with Crippen molar-refractivity contribution in [3.05, 3.63) is 28.0 Å². The Balaban J connectivity index is 2.45. The molecule has 4 heteroatoms. The van der Waals surface area contributed by atoms with Crippen LogP contribution >= 0.6 is 11.6 Å². The fraction of sp³-hybridized carbons (Fsp3) is 0.400. The highest BCUT2D eigenvalue weighted by atomic mass is 35.5. The summed E-state index contributed by atoms with van der Waals surface area (Å²) in [7, 11) is 0. The van der Waals surface area contributed by atoms with Gasteiger partial charge in [-0.2, -0.15) is 0 Å². The van der Waals surface area contributed by atoms with E-state index in [9.17, 15) is 4.39 Å². The molecule has 0 saturated carbocycles. The third kappa shape index (κ3) is 1.47. The lowest BCUT2D eigenvalue weighted by Gasteiger charge is -2.23. The van der Waals surface area contributed by atoms with Crippen molar-refractivity contribution in [1.29, 1.82) is 0 Å². The van der Waals surface area contributed by atoms with Gasteiger partial charge in [-0.15, -0.1) is 0 Å². The van der Waals surface area contributed by atoms with Gasteiger partial charge in [0.1, 0.15) is 5.67 Å². The molecule has 76 valence electrons. The normalized spacial score (nSPS) is 25.9. The molecule has 1 heterocycles. The average Bonchev–Trinajstić information content (AvgIpc) is 2.47. The first kappa shape index (κ1) is 9.74. The monoisotopic (exact) mass is 214 g/mol. The molecule has 1 aromatic rings. The van der Waals surface area contributed by atoms with Crippen LogP contribution in [0.15, 0.2) is 11.1 Å². The van der Waals surface area contributed by atoms with E-state index in [1.165, 1.54) is 6.92 Å². The minimum absolute atomic E-state index is 0.257. The second-order valence-corrected chi connectivity index (χ2v) is 4.21. The van der Waals surface area contributed by atoms with Gasteiger partial charge in [0.15, 0.2) is 0 Å². The van der Waals surface area contributed by atoms with E-state index in [1.807, 2.05) is 6.07 Å². The SMILES string of the molecule is CC1(F)Cc2[nH]c(CN)cc2C=C1Cl. The molecular weight excluding hydrogens is 203 g/mol. The Kier molecular flexibility index (Phi) is 2.16. The highest BCUT2D eigenvalue weighted by Gasteiger charge is 2.33. The van der Waals surface area contributed by atoms with Gasteiger partial charge in [0.2, 0.25) is 0 Å². The van der Waals surface area contributed by atoms with Crippen LogP contribution in [0, 0.1) is 0 Å². The van der Waals surface area contributed by atoms with Crippen molar-refractivity contribution in [1.82, 2.24) is 4.98 Å². The number of aromatic nitrogens is 1. The average molecular weight is 215 g/mol. The van der Waals surface area contributed by atoms with E-state index < -0.39 is 5.67 Å². The molecular formula is C10H12ClFN2. The van der Waals surface area contributed by atoms with Gasteiger partial charge >= 0.3 is 0 Å². The number of halogens is 2. The number of allylic oxidation sites excluding steroid dienone is 1. The Morgan fingerprint density at radius 3 is 3.07 bits per heavy atom. The van der Waals surface area contributed by atoms with Crippen LogP contribution in [0.4, 0.5) is 4.39 Å². The first-order valence-electron chi connectivity index (χ1n) is 4.50. The minimum atomic E-state index is -1.45. The molecule has 0 aliphatic heterocycles. The predicted molar refractivity (Wildman–Crippen MR) is 55.7 cm³/mol. The topological polar surface area (TPSA) is 41.8 Å². The van der Waals surface area contributed by atoms with E-state index in [4.69, 9.17) is 17.3 Å². The number of fused-ring (bicyclic) bond motifs is 1. The lowest BCUT2D eigenvalue weighted by molar-refractivity contribution is 0.247. The van der Waals surface area contributed by atoms with Gasteiger partial charge in [0.05, 0.1) is 5.03 Å². The lowest BCUT2D eigenvalue weighted by Crippen LogP contribution is -2.25. The molecule has 1 unspecified atom stereocenters. The summed E-state index contributed by atoms with van der Waals surface area (Å²) >= 11 is 5.83. The third-order valence-electron chi connectivity index (χ3n) is 2.50. The standard InChI is InChI=1S/C10H12ClFN2/c1-10(12)4-8-6(3-9(10)11)2-7(5-13)14-8/h2-3,14H,4-5,13H2,1H3. The van der Waals surface area contributed by atoms with Crippen molar-refractivity contribution in [3.8, 4) is 0 Å². The van der Waals surface area contributed by atoms with Crippen LogP contribution in [0.2, 0.25) is 0 Å². The summed E-state index contributed by atoms with van der Waals surface area (Å²) in [6.07, 6.45) is 1.95. The maximum absolute atomic E-state index is 13.8. The lowest BCUT2D eigenvalue weighted by atomic mass is 9.93. The van der Waals surface area contributed by atoms with Crippen molar-refractivity contribution in [2.75, 3.05) is 0 Å². The zero-order valence-electron chi connectivity index (χ0n) is 7.90. The molecule has 0 aromatic carbocycles. The first-order valence-corrected chi connectivity index (χ1v) is 4.88. The maximum Gasteiger partial charge on any atom is 0.149 e. The fourth-order valence-corrected chi connectivity index (χ4v) is 1.85. The van der Waals surface area contributed by atoms with E-state index in [1.54, 1.807) is 6.08 Å². The number of hydrogen-bond acceptors (Lipinski definition) is 1. The number of nitrogens with one attached hydrogen (secondary N) is 1. The Bertz CT molecular complexity index is 393. The number of H-pyrrole nitrogens is 1. The quantitative estimate of drug-likeness (QED) is 0.740. The van der Waals surface area contributed by atoms with E-state index in [-0.39, 0.29) is 11.5 Å². The zero-order valence-corrected chi connectivity index (χ0v) is 8.66. The fourth-order valence-electron chi connectivity index (χ4n) is 1.67. The van der Waals surface area contributed by atoms with Gasteiger partial charge in [-0.05, 0) is 24.6 Å². The molecule has 0 amide bonds. The van der Waals surface area contributed by atoms with E-state index in [0.717, 1.165) is 17.0 Å². The summed E-state index contributed by atoms with van der Waals surface area (Å²) in [5.41, 5.74) is 6.77. The summed E-state index contributed by atoms with van der Waals surface area (Å²) in [5, 5.41) is 0.257. The molecule has 0 fully saturated rings. The largest absolute Gasteiger partial charge is 0.361 e. The molecule has 1 aromatic heterocycles. The molecule has 1 aliphatic carbocycles. The van der Waals surface area contributed by atoms with Crippen molar-refractivity contribution >= 4 is 17.7 Å². The van der Waals surface area contributed by atoms with Gasteiger partial charge in [0, 0.05) is 24.4 Å². The van der Waals surface area contributed by atoms with Crippen LogP contribution in [0.3, 0.4) is 0 Å². The molecule has 1 aliphatic rings. The summed E-state index contributed by atoms with van der Waals surface area (Å²) in [5.74, 6) is 0. The van der Waals surface area contributed by atoms with Crippen LogP contribution in [0.1, 0.15) is 23.9 Å². The van der Waals surface area contributed by atoms with Crippen molar-refractivity contribution in [2.24, 2.45) is 5.73 Å². The Morgan fingerprint density at radius 1 is 1.71 bits per heavy atom. The summed E-state index contributed by atoms with van der Waals surface area (Å²) in [6.45, 7) is 1.92. The minimum Gasteiger partial charge on any atom is -0.361 e. The van der Waals surface area contributed by atoms with Gasteiger partial charge in [-0.25, -0.2) is 4.39 Å². The molecule has 2 rings (SSSR count). The highest BCUT2D eigenvalue weighted by molar-refractivity contribution is 6.32. The van der Waals surface area contributed by atoms with Gasteiger partial charge in [-0.1, -0.05) is 11.6 Å². The number of hydrogen-bond donors (Lipinski definition) is 2. The molecule has 2 nitrogen and oxygen atoms in total. The second-order valence-electron chi connectivity index (χ2n) is 3.80. The molecule has 14 heavy (non-hydrogen) atoms. The number of rotatable bonds is 1. The molecule has 0 bridgehead atoms. The highest BCUT2D eigenvalue weighted by Crippen LogP contribution is 2.36.